The fourth-order valence-corrected chi connectivity index (χ4v) is 3.62. The van der Waals surface area contributed by atoms with Crippen molar-refractivity contribution in [1.82, 2.24) is 4.90 Å². The van der Waals surface area contributed by atoms with Gasteiger partial charge in [0.15, 0.2) is 0 Å². The Morgan fingerprint density at radius 3 is 2.54 bits per heavy atom. The summed E-state index contributed by atoms with van der Waals surface area (Å²) < 4.78 is 0. The van der Waals surface area contributed by atoms with Crippen LogP contribution in [0.15, 0.2) is 18.2 Å². The molecule has 0 saturated heterocycles. The number of carbonyl (C=O) groups is 2. The normalized spacial score (nSPS) is 15.1. The van der Waals surface area contributed by atoms with E-state index in [-0.39, 0.29) is 11.8 Å². The minimum atomic E-state index is -0.0129. The van der Waals surface area contributed by atoms with Gasteiger partial charge >= 0.3 is 0 Å². The molecule has 0 unspecified atom stereocenters. The lowest BCUT2D eigenvalue weighted by Gasteiger charge is -2.33. The van der Waals surface area contributed by atoms with E-state index in [0.29, 0.717) is 19.0 Å². The van der Waals surface area contributed by atoms with Crippen LogP contribution in [0.4, 0.5) is 5.69 Å². The Bertz CT molecular complexity index is 577. The van der Waals surface area contributed by atoms with Gasteiger partial charge in [-0.15, -0.1) is 0 Å². The van der Waals surface area contributed by atoms with Gasteiger partial charge < -0.3 is 10.2 Å². The second-order valence-electron chi connectivity index (χ2n) is 6.77. The molecule has 2 amide bonds. The van der Waals surface area contributed by atoms with Gasteiger partial charge in [0.25, 0.3) is 0 Å². The molecule has 4 heteroatoms. The summed E-state index contributed by atoms with van der Waals surface area (Å²) in [6.07, 6.45) is 7.01. The number of para-hydroxylation sites is 1. The van der Waals surface area contributed by atoms with Crippen LogP contribution >= 0.6 is 0 Å². The quantitative estimate of drug-likeness (QED) is 0.855. The standard InChI is InChI=1S/C20H30N2O2/c1-4-17-10-8-9-15(2)20(17)21-19(24)13-14-22(16(3)23)18-11-6-5-7-12-18/h8-10,18H,4-7,11-14H2,1-3H3,(H,21,24). The number of hydrogen-bond donors (Lipinski definition) is 1. The van der Waals surface area contributed by atoms with Crippen molar-refractivity contribution in [1.29, 1.82) is 0 Å². The maximum atomic E-state index is 12.4. The van der Waals surface area contributed by atoms with E-state index in [1.165, 1.54) is 19.3 Å². The Kier molecular flexibility index (Phi) is 6.83. The van der Waals surface area contributed by atoms with Crippen molar-refractivity contribution in [2.45, 2.75) is 71.8 Å². The average molecular weight is 330 g/mol. The Morgan fingerprint density at radius 1 is 1.21 bits per heavy atom. The number of aryl methyl sites for hydroxylation is 2. The molecule has 0 aliphatic heterocycles. The third-order valence-electron chi connectivity index (χ3n) is 5.00. The zero-order valence-corrected chi connectivity index (χ0v) is 15.2. The van der Waals surface area contributed by atoms with Crippen molar-refractivity contribution in [2.75, 3.05) is 11.9 Å². The highest BCUT2D eigenvalue weighted by molar-refractivity contribution is 5.92. The molecule has 1 saturated carbocycles. The van der Waals surface area contributed by atoms with E-state index in [1.54, 1.807) is 6.92 Å². The number of carbonyl (C=O) groups excluding carboxylic acids is 2. The molecular weight excluding hydrogens is 300 g/mol. The van der Waals surface area contributed by atoms with Crippen molar-refractivity contribution < 1.29 is 9.59 Å². The highest BCUT2D eigenvalue weighted by Gasteiger charge is 2.23. The van der Waals surface area contributed by atoms with Crippen LogP contribution in [0.3, 0.4) is 0 Å². The van der Waals surface area contributed by atoms with Crippen LogP contribution in [0, 0.1) is 6.92 Å². The SMILES string of the molecule is CCc1cccc(C)c1NC(=O)CCN(C(C)=O)C1CCCCC1. The van der Waals surface area contributed by atoms with E-state index in [2.05, 4.69) is 12.2 Å². The summed E-state index contributed by atoms with van der Waals surface area (Å²) in [6, 6.07) is 6.39. The van der Waals surface area contributed by atoms with Crippen molar-refractivity contribution in [3.63, 3.8) is 0 Å². The lowest BCUT2D eigenvalue weighted by atomic mass is 9.94. The lowest BCUT2D eigenvalue weighted by molar-refractivity contribution is -0.132. The Hall–Kier alpha value is -1.84. The summed E-state index contributed by atoms with van der Waals surface area (Å²) in [7, 11) is 0. The smallest absolute Gasteiger partial charge is 0.226 e. The van der Waals surface area contributed by atoms with Gasteiger partial charge in [-0.2, -0.15) is 0 Å². The van der Waals surface area contributed by atoms with Gasteiger partial charge in [-0.3, -0.25) is 9.59 Å². The molecule has 2 rings (SSSR count). The average Bonchev–Trinajstić information content (AvgIpc) is 2.57. The van der Waals surface area contributed by atoms with E-state index in [4.69, 9.17) is 0 Å². The van der Waals surface area contributed by atoms with Gasteiger partial charge in [-0.05, 0) is 37.3 Å². The molecule has 1 N–H and O–H groups in total. The van der Waals surface area contributed by atoms with E-state index in [9.17, 15) is 9.59 Å². The molecule has 0 heterocycles. The van der Waals surface area contributed by atoms with Gasteiger partial charge in [0.05, 0.1) is 0 Å². The summed E-state index contributed by atoms with van der Waals surface area (Å²) >= 11 is 0. The van der Waals surface area contributed by atoms with E-state index in [0.717, 1.165) is 36.1 Å². The molecule has 0 spiro atoms. The van der Waals surface area contributed by atoms with E-state index >= 15 is 0 Å². The summed E-state index contributed by atoms with van der Waals surface area (Å²) in [4.78, 5) is 26.3. The molecule has 1 aliphatic rings. The van der Waals surface area contributed by atoms with E-state index in [1.807, 2.05) is 30.0 Å². The number of nitrogens with one attached hydrogen (secondary N) is 1. The molecule has 24 heavy (non-hydrogen) atoms. The first kappa shape index (κ1) is 18.5. The third-order valence-corrected chi connectivity index (χ3v) is 5.00. The van der Waals surface area contributed by atoms with Gasteiger partial charge in [0.1, 0.15) is 0 Å². The van der Waals surface area contributed by atoms with Crippen molar-refractivity contribution >= 4 is 17.5 Å². The lowest BCUT2D eigenvalue weighted by Crippen LogP contribution is -2.41. The van der Waals surface area contributed by atoms with Crippen LogP contribution in [0.25, 0.3) is 0 Å². The number of nitrogens with zero attached hydrogens (tertiary/aromatic N) is 1. The molecule has 1 fully saturated rings. The first-order valence-corrected chi connectivity index (χ1v) is 9.18. The zero-order chi connectivity index (χ0) is 17.5. The third kappa shape index (κ3) is 4.83. The highest BCUT2D eigenvalue weighted by Crippen LogP contribution is 2.24. The van der Waals surface area contributed by atoms with Gasteiger partial charge in [0.2, 0.25) is 11.8 Å². The second kappa shape index (κ2) is 8.86. The fraction of sp³-hybridized carbons (Fsp3) is 0.600. The van der Waals surface area contributed by atoms with Crippen molar-refractivity contribution in [3.05, 3.63) is 29.3 Å². The predicted molar refractivity (Wildman–Crippen MR) is 98.1 cm³/mol. The molecule has 1 aromatic rings. The Balaban J connectivity index is 1.95. The largest absolute Gasteiger partial charge is 0.339 e. The molecule has 0 aromatic heterocycles. The van der Waals surface area contributed by atoms with Crippen LogP contribution < -0.4 is 5.32 Å². The molecule has 0 bridgehead atoms. The number of hydrogen-bond acceptors (Lipinski definition) is 2. The molecule has 0 atom stereocenters. The Labute approximate surface area is 145 Å². The minimum Gasteiger partial charge on any atom is -0.339 e. The first-order chi connectivity index (χ1) is 11.5. The van der Waals surface area contributed by atoms with Crippen LogP contribution in [0.5, 0.6) is 0 Å². The fourth-order valence-electron chi connectivity index (χ4n) is 3.62. The molecule has 132 valence electrons. The Morgan fingerprint density at radius 2 is 1.92 bits per heavy atom. The maximum absolute atomic E-state index is 12.4. The van der Waals surface area contributed by atoms with Crippen LogP contribution in [0.2, 0.25) is 0 Å². The summed E-state index contributed by atoms with van der Waals surface area (Å²) in [5.74, 6) is 0.0703. The predicted octanol–water partition coefficient (Wildman–Crippen LogP) is 4.07. The van der Waals surface area contributed by atoms with Crippen LogP contribution in [0.1, 0.15) is 63.5 Å². The number of benzene rings is 1. The summed E-state index contributed by atoms with van der Waals surface area (Å²) in [5.41, 5.74) is 3.16. The highest BCUT2D eigenvalue weighted by atomic mass is 16.2. The summed E-state index contributed by atoms with van der Waals surface area (Å²) in [6.45, 7) is 6.23. The topological polar surface area (TPSA) is 49.4 Å². The minimum absolute atomic E-state index is 0.0129. The van der Waals surface area contributed by atoms with Crippen molar-refractivity contribution in [2.24, 2.45) is 0 Å². The molecule has 0 radical (unpaired) electrons. The second-order valence-corrected chi connectivity index (χ2v) is 6.77. The molecule has 1 aliphatic carbocycles. The van der Waals surface area contributed by atoms with Gasteiger partial charge in [-0.25, -0.2) is 0 Å². The maximum Gasteiger partial charge on any atom is 0.226 e. The first-order valence-electron chi connectivity index (χ1n) is 9.18. The molecule has 1 aromatic carbocycles. The van der Waals surface area contributed by atoms with Crippen LogP contribution in [-0.2, 0) is 16.0 Å². The number of rotatable bonds is 6. The molecule has 4 nitrogen and oxygen atoms in total. The summed E-state index contributed by atoms with van der Waals surface area (Å²) in [5, 5.41) is 3.05. The van der Waals surface area contributed by atoms with Crippen LogP contribution in [-0.4, -0.2) is 29.3 Å². The number of anilines is 1. The monoisotopic (exact) mass is 330 g/mol. The van der Waals surface area contributed by atoms with Gasteiger partial charge in [-0.1, -0.05) is 44.4 Å². The van der Waals surface area contributed by atoms with Gasteiger partial charge in [0, 0.05) is 31.6 Å². The number of amides is 2. The van der Waals surface area contributed by atoms with E-state index < -0.39 is 0 Å². The zero-order valence-electron chi connectivity index (χ0n) is 15.2. The van der Waals surface area contributed by atoms with Crippen molar-refractivity contribution in [3.8, 4) is 0 Å². The molecular formula is C20H30N2O2.